The number of rotatable bonds is 7. The first-order valence-corrected chi connectivity index (χ1v) is 5.66. The molecule has 0 fully saturated rings. The van der Waals surface area contributed by atoms with Crippen LogP contribution in [0.1, 0.15) is 18.1 Å². The molecular formula is C12H16N4O2. The first kappa shape index (κ1) is 14.0. The molecule has 6 heteroatoms. The Morgan fingerprint density at radius 2 is 2.22 bits per heavy atom. The molecule has 1 amide bonds. The molecule has 0 spiro atoms. The van der Waals surface area contributed by atoms with E-state index in [0.717, 1.165) is 5.56 Å². The lowest BCUT2D eigenvalue weighted by Gasteiger charge is -2.15. The number of carbonyl (C=O) groups is 1. The molecule has 1 unspecified atom stereocenters. The van der Waals surface area contributed by atoms with E-state index in [-0.39, 0.29) is 5.91 Å². The Hall–Kier alpha value is -2.04. The minimum Gasteiger partial charge on any atom is -0.367 e. The highest BCUT2D eigenvalue weighted by Crippen LogP contribution is 2.15. The van der Waals surface area contributed by atoms with E-state index in [9.17, 15) is 4.79 Å². The van der Waals surface area contributed by atoms with E-state index >= 15 is 0 Å². The van der Waals surface area contributed by atoms with E-state index in [4.69, 9.17) is 10.3 Å². The molecule has 0 saturated carbocycles. The Labute approximate surface area is 106 Å². The van der Waals surface area contributed by atoms with Crippen molar-refractivity contribution in [2.45, 2.75) is 12.5 Å². The van der Waals surface area contributed by atoms with Gasteiger partial charge in [0.1, 0.15) is 0 Å². The summed E-state index contributed by atoms with van der Waals surface area (Å²) in [6.45, 7) is 0.838. The fraction of sp³-hybridized carbons (Fsp3) is 0.417. The second-order valence-electron chi connectivity index (χ2n) is 3.63. The average molecular weight is 248 g/mol. The topological polar surface area (TPSA) is 87.1 Å². The highest BCUT2D eigenvalue weighted by molar-refractivity contribution is 5.82. The van der Waals surface area contributed by atoms with Gasteiger partial charge in [-0.3, -0.25) is 4.79 Å². The van der Waals surface area contributed by atoms with Gasteiger partial charge in [-0.1, -0.05) is 35.4 Å². The van der Waals surface area contributed by atoms with E-state index in [1.165, 1.54) is 7.11 Å². The van der Waals surface area contributed by atoms with E-state index in [0.29, 0.717) is 19.5 Å². The molecular weight excluding hydrogens is 232 g/mol. The van der Waals surface area contributed by atoms with Crippen LogP contribution in [0.15, 0.2) is 35.4 Å². The smallest absolute Gasteiger partial charge is 0.253 e. The van der Waals surface area contributed by atoms with Gasteiger partial charge in [0.05, 0.1) is 0 Å². The third-order valence-electron chi connectivity index (χ3n) is 2.37. The molecule has 18 heavy (non-hydrogen) atoms. The van der Waals surface area contributed by atoms with E-state index in [2.05, 4.69) is 15.3 Å². The van der Waals surface area contributed by atoms with Crippen molar-refractivity contribution < 1.29 is 9.53 Å². The minimum absolute atomic E-state index is 0.190. The first-order valence-electron chi connectivity index (χ1n) is 5.66. The summed E-state index contributed by atoms with van der Waals surface area (Å²) in [6, 6.07) is 9.28. The Balaban J connectivity index is 2.45. The summed E-state index contributed by atoms with van der Waals surface area (Å²) in [6.07, 6.45) is 0.00626. The third kappa shape index (κ3) is 4.45. The number of benzene rings is 1. The zero-order valence-electron chi connectivity index (χ0n) is 10.2. The maximum atomic E-state index is 11.9. The van der Waals surface area contributed by atoms with Gasteiger partial charge >= 0.3 is 0 Å². The van der Waals surface area contributed by atoms with Gasteiger partial charge in [0.25, 0.3) is 5.91 Å². The van der Waals surface area contributed by atoms with Gasteiger partial charge < -0.3 is 10.1 Å². The zero-order chi connectivity index (χ0) is 13.2. The van der Waals surface area contributed by atoms with Gasteiger partial charge in [-0.15, -0.1) is 0 Å². The molecule has 0 bridgehead atoms. The fourth-order valence-corrected chi connectivity index (χ4v) is 1.52. The Morgan fingerprint density at radius 3 is 2.83 bits per heavy atom. The largest absolute Gasteiger partial charge is 0.367 e. The van der Waals surface area contributed by atoms with Crippen LogP contribution in [0.25, 0.3) is 10.4 Å². The minimum atomic E-state index is -0.606. The number of nitrogens with one attached hydrogen (secondary N) is 1. The number of hydrogen-bond donors (Lipinski definition) is 1. The Bertz CT molecular complexity index is 415. The lowest BCUT2D eigenvalue weighted by Crippen LogP contribution is -2.31. The van der Waals surface area contributed by atoms with Crippen LogP contribution >= 0.6 is 0 Å². The van der Waals surface area contributed by atoms with Crippen LogP contribution in [0.5, 0.6) is 0 Å². The summed E-state index contributed by atoms with van der Waals surface area (Å²) in [5.41, 5.74) is 8.91. The second kappa shape index (κ2) is 8.11. The van der Waals surface area contributed by atoms with Crippen molar-refractivity contribution in [3.8, 4) is 0 Å². The predicted octanol–water partition coefficient (Wildman–Crippen LogP) is 2.19. The number of methoxy groups -OCH3 is 1. The maximum absolute atomic E-state index is 11.9. The van der Waals surface area contributed by atoms with E-state index < -0.39 is 6.10 Å². The predicted molar refractivity (Wildman–Crippen MR) is 67.8 cm³/mol. The molecule has 1 aromatic carbocycles. The first-order chi connectivity index (χ1) is 8.79. The lowest BCUT2D eigenvalue weighted by molar-refractivity contribution is -0.131. The van der Waals surface area contributed by atoms with Gasteiger partial charge in [0.2, 0.25) is 0 Å². The van der Waals surface area contributed by atoms with E-state index in [1.807, 2.05) is 30.3 Å². The van der Waals surface area contributed by atoms with Crippen molar-refractivity contribution in [3.05, 3.63) is 46.3 Å². The Morgan fingerprint density at radius 1 is 1.50 bits per heavy atom. The summed E-state index contributed by atoms with van der Waals surface area (Å²) in [5.74, 6) is -0.190. The molecule has 1 aromatic rings. The SMILES string of the molecule is COC(C(=O)NCCCN=[N+]=[N-])c1ccccc1. The maximum Gasteiger partial charge on any atom is 0.253 e. The average Bonchev–Trinajstić information content (AvgIpc) is 2.40. The van der Waals surface area contributed by atoms with Crippen LogP contribution in [0.3, 0.4) is 0 Å². The molecule has 1 atom stereocenters. The highest BCUT2D eigenvalue weighted by atomic mass is 16.5. The van der Waals surface area contributed by atoms with Crippen LogP contribution in [-0.4, -0.2) is 26.1 Å². The van der Waals surface area contributed by atoms with Crippen LogP contribution in [0.4, 0.5) is 0 Å². The lowest BCUT2D eigenvalue weighted by atomic mass is 10.1. The van der Waals surface area contributed by atoms with E-state index in [1.54, 1.807) is 0 Å². The highest BCUT2D eigenvalue weighted by Gasteiger charge is 2.18. The molecule has 0 saturated heterocycles. The second-order valence-corrected chi connectivity index (χ2v) is 3.63. The number of amides is 1. The number of ether oxygens (including phenoxy) is 1. The molecule has 0 radical (unpaired) electrons. The Kier molecular flexibility index (Phi) is 6.32. The number of nitrogens with zero attached hydrogens (tertiary/aromatic N) is 3. The standard InChI is InChI=1S/C12H16N4O2/c1-18-11(10-6-3-2-4-7-10)12(17)14-8-5-9-15-16-13/h2-4,6-7,11H,5,8-9H2,1H3,(H,14,17). The van der Waals surface area contributed by atoms with Gasteiger partial charge in [-0.05, 0) is 17.5 Å². The third-order valence-corrected chi connectivity index (χ3v) is 2.37. The van der Waals surface area contributed by atoms with Crippen molar-refractivity contribution in [1.82, 2.24) is 5.32 Å². The molecule has 0 aliphatic carbocycles. The van der Waals surface area contributed by atoms with Crippen molar-refractivity contribution in [2.75, 3.05) is 20.2 Å². The van der Waals surface area contributed by atoms with Crippen LogP contribution in [0, 0.1) is 0 Å². The molecule has 96 valence electrons. The number of hydrogen-bond acceptors (Lipinski definition) is 3. The van der Waals surface area contributed by atoms with Crippen LogP contribution in [-0.2, 0) is 9.53 Å². The summed E-state index contributed by atoms with van der Waals surface area (Å²) in [4.78, 5) is 14.5. The van der Waals surface area contributed by atoms with Gasteiger partial charge in [0, 0.05) is 25.1 Å². The molecule has 0 aliphatic rings. The van der Waals surface area contributed by atoms with Gasteiger partial charge in [-0.2, -0.15) is 0 Å². The summed E-state index contributed by atoms with van der Waals surface area (Å²) >= 11 is 0. The van der Waals surface area contributed by atoms with Gasteiger partial charge in [0.15, 0.2) is 6.10 Å². The van der Waals surface area contributed by atoms with Crippen LogP contribution < -0.4 is 5.32 Å². The molecule has 6 nitrogen and oxygen atoms in total. The molecule has 0 aromatic heterocycles. The molecule has 0 heterocycles. The van der Waals surface area contributed by atoms with Crippen molar-refractivity contribution in [3.63, 3.8) is 0 Å². The van der Waals surface area contributed by atoms with Crippen molar-refractivity contribution >= 4 is 5.91 Å². The summed E-state index contributed by atoms with van der Waals surface area (Å²) in [5, 5.41) is 6.13. The molecule has 1 rings (SSSR count). The molecule has 1 N–H and O–H groups in total. The number of carbonyl (C=O) groups excluding carboxylic acids is 1. The zero-order valence-corrected chi connectivity index (χ0v) is 10.2. The van der Waals surface area contributed by atoms with Crippen molar-refractivity contribution in [2.24, 2.45) is 5.11 Å². The normalized spacial score (nSPS) is 11.4. The number of azide groups is 1. The molecule has 0 aliphatic heterocycles. The van der Waals surface area contributed by atoms with Crippen LogP contribution in [0.2, 0.25) is 0 Å². The van der Waals surface area contributed by atoms with Gasteiger partial charge in [-0.25, -0.2) is 0 Å². The summed E-state index contributed by atoms with van der Waals surface area (Å²) < 4.78 is 5.18. The quantitative estimate of drug-likeness (QED) is 0.347. The summed E-state index contributed by atoms with van der Waals surface area (Å²) in [7, 11) is 1.50. The van der Waals surface area contributed by atoms with Crippen molar-refractivity contribution in [1.29, 1.82) is 0 Å². The monoisotopic (exact) mass is 248 g/mol. The fourth-order valence-electron chi connectivity index (χ4n) is 1.52.